The van der Waals surface area contributed by atoms with Gasteiger partial charge in [0, 0.05) is 29.3 Å². The van der Waals surface area contributed by atoms with Gasteiger partial charge in [-0.05, 0) is 53.4 Å². The second-order valence-corrected chi connectivity index (χ2v) is 6.55. The van der Waals surface area contributed by atoms with Gasteiger partial charge in [-0.15, -0.1) is 0 Å². The minimum Gasteiger partial charge on any atom is -0.373 e. The lowest BCUT2D eigenvalue weighted by molar-refractivity contribution is -0.117. The van der Waals surface area contributed by atoms with E-state index >= 15 is 0 Å². The molecule has 0 saturated heterocycles. The van der Waals surface area contributed by atoms with E-state index in [1.807, 2.05) is 6.92 Å². The lowest BCUT2D eigenvalue weighted by Gasteiger charge is -2.22. The summed E-state index contributed by atoms with van der Waals surface area (Å²) in [5.41, 5.74) is 3.11. The van der Waals surface area contributed by atoms with E-state index in [4.69, 9.17) is 0 Å². The van der Waals surface area contributed by atoms with Crippen LogP contribution < -0.4 is 15.5 Å². The number of carbonyl (C=O) groups is 1. The molecule has 1 saturated carbocycles. The Morgan fingerprint density at radius 2 is 2.20 bits per heavy atom. The van der Waals surface area contributed by atoms with Crippen LogP contribution in [0.25, 0.3) is 0 Å². The minimum atomic E-state index is -0.228. The molecule has 1 aliphatic carbocycles. The van der Waals surface area contributed by atoms with Crippen LogP contribution in [0.1, 0.15) is 31.4 Å². The Morgan fingerprint density at radius 3 is 2.85 bits per heavy atom. The van der Waals surface area contributed by atoms with E-state index in [-0.39, 0.29) is 11.9 Å². The van der Waals surface area contributed by atoms with Crippen molar-refractivity contribution in [2.24, 2.45) is 5.92 Å². The maximum absolute atomic E-state index is 12.0. The van der Waals surface area contributed by atoms with Crippen LogP contribution in [0.15, 0.2) is 16.6 Å². The van der Waals surface area contributed by atoms with Crippen molar-refractivity contribution in [3.8, 4) is 0 Å². The van der Waals surface area contributed by atoms with Gasteiger partial charge in [-0.25, -0.2) is 0 Å². The largest absolute Gasteiger partial charge is 0.373 e. The van der Waals surface area contributed by atoms with Crippen LogP contribution in [-0.2, 0) is 4.79 Å². The summed E-state index contributed by atoms with van der Waals surface area (Å²) in [4.78, 5) is 14.3. The lowest BCUT2D eigenvalue weighted by atomic mass is 10.1. The molecule has 1 aromatic carbocycles. The molecule has 20 heavy (non-hydrogen) atoms. The molecule has 1 unspecified atom stereocenters. The molecule has 108 valence electrons. The Kier molecular flexibility index (Phi) is 3.73. The van der Waals surface area contributed by atoms with E-state index in [1.165, 1.54) is 12.8 Å². The fourth-order valence-corrected chi connectivity index (χ4v) is 3.42. The number of carbonyl (C=O) groups excluding carboxylic acids is 1. The maximum atomic E-state index is 12.0. The second kappa shape index (κ2) is 5.37. The van der Waals surface area contributed by atoms with Gasteiger partial charge in [-0.1, -0.05) is 6.92 Å². The fraction of sp³-hybridized carbons (Fsp3) is 0.533. The Hall–Kier alpha value is -1.07. The molecule has 1 fully saturated rings. The number of anilines is 2. The van der Waals surface area contributed by atoms with E-state index < -0.39 is 0 Å². The first-order valence-electron chi connectivity index (χ1n) is 7.19. The number of likely N-dealkylation sites (N-methyl/N-ethyl adjacent to an activating group) is 1. The van der Waals surface area contributed by atoms with Gasteiger partial charge in [0.25, 0.3) is 0 Å². The molecule has 0 bridgehead atoms. The molecule has 2 aliphatic rings. The molecule has 4 nitrogen and oxygen atoms in total. The summed E-state index contributed by atoms with van der Waals surface area (Å²) in [6.07, 6.45) is 2.68. The van der Waals surface area contributed by atoms with Gasteiger partial charge in [0.1, 0.15) is 6.04 Å². The van der Waals surface area contributed by atoms with E-state index in [9.17, 15) is 4.79 Å². The topological polar surface area (TPSA) is 44.4 Å². The normalized spacial score (nSPS) is 20.8. The summed E-state index contributed by atoms with van der Waals surface area (Å²) >= 11 is 3.65. The summed E-state index contributed by atoms with van der Waals surface area (Å²) in [6.45, 7) is 3.87. The number of hydrogen-bond donors (Lipinski definition) is 2. The van der Waals surface area contributed by atoms with Crippen LogP contribution in [0, 0.1) is 5.92 Å². The number of rotatable bonds is 5. The van der Waals surface area contributed by atoms with Gasteiger partial charge in [0.15, 0.2) is 0 Å². The summed E-state index contributed by atoms with van der Waals surface area (Å²) < 4.78 is 1.05. The number of fused-ring (bicyclic) bond motifs is 1. The highest BCUT2D eigenvalue weighted by atomic mass is 79.9. The highest BCUT2D eigenvalue weighted by Crippen LogP contribution is 2.40. The van der Waals surface area contributed by atoms with E-state index in [0.717, 1.165) is 40.4 Å². The molecule has 0 radical (unpaired) electrons. The van der Waals surface area contributed by atoms with Crippen LogP contribution in [0.2, 0.25) is 0 Å². The molecule has 1 aliphatic heterocycles. The van der Waals surface area contributed by atoms with Gasteiger partial charge in [-0.2, -0.15) is 0 Å². The summed E-state index contributed by atoms with van der Waals surface area (Å²) in [6, 6.07) is 3.92. The first-order valence-corrected chi connectivity index (χ1v) is 7.98. The molecule has 2 N–H and O–H groups in total. The van der Waals surface area contributed by atoms with Gasteiger partial charge in [0.2, 0.25) is 5.91 Å². The second-order valence-electron chi connectivity index (χ2n) is 5.69. The van der Waals surface area contributed by atoms with E-state index in [0.29, 0.717) is 0 Å². The Morgan fingerprint density at radius 1 is 1.45 bits per heavy atom. The third-order valence-corrected chi connectivity index (χ3v) is 4.63. The molecular weight excluding hydrogens is 318 g/mol. The van der Waals surface area contributed by atoms with Crippen molar-refractivity contribution in [1.29, 1.82) is 0 Å². The SMILES string of the molecule is CCNC1C(=O)Nc2cc(N(C)CC3CC3)c(Br)cc21. The number of hydrogen-bond acceptors (Lipinski definition) is 3. The van der Waals surface area contributed by atoms with E-state index in [2.05, 4.69) is 50.6 Å². The van der Waals surface area contributed by atoms with Crippen LogP contribution in [0.4, 0.5) is 11.4 Å². The molecular formula is C15H20BrN3O. The average molecular weight is 338 g/mol. The van der Waals surface area contributed by atoms with Crippen molar-refractivity contribution in [3.63, 3.8) is 0 Å². The van der Waals surface area contributed by atoms with Crippen molar-refractivity contribution in [1.82, 2.24) is 5.32 Å². The zero-order valence-corrected chi connectivity index (χ0v) is 13.5. The van der Waals surface area contributed by atoms with Crippen molar-refractivity contribution >= 4 is 33.2 Å². The van der Waals surface area contributed by atoms with Crippen molar-refractivity contribution in [2.75, 3.05) is 30.4 Å². The van der Waals surface area contributed by atoms with E-state index in [1.54, 1.807) is 0 Å². The van der Waals surface area contributed by atoms with Crippen LogP contribution in [0.3, 0.4) is 0 Å². The maximum Gasteiger partial charge on any atom is 0.246 e. The van der Waals surface area contributed by atoms with Crippen LogP contribution in [-0.4, -0.2) is 26.0 Å². The monoisotopic (exact) mass is 337 g/mol. The average Bonchev–Trinajstić information content (AvgIpc) is 3.16. The Balaban J connectivity index is 1.88. The number of benzene rings is 1. The quantitative estimate of drug-likeness (QED) is 0.868. The number of nitrogens with one attached hydrogen (secondary N) is 2. The van der Waals surface area contributed by atoms with Gasteiger partial charge >= 0.3 is 0 Å². The third-order valence-electron chi connectivity index (χ3n) is 4.00. The van der Waals surface area contributed by atoms with Gasteiger partial charge < -0.3 is 15.5 Å². The smallest absolute Gasteiger partial charge is 0.246 e. The number of halogens is 1. The van der Waals surface area contributed by atoms with Gasteiger partial charge in [0.05, 0.1) is 5.69 Å². The molecule has 1 amide bonds. The fourth-order valence-electron chi connectivity index (χ4n) is 2.76. The Bertz CT molecular complexity index is 542. The van der Waals surface area contributed by atoms with Crippen LogP contribution >= 0.6 is 15.9 Å². The molecule has 1 atom stereocenters. The van der Waals surface area contributed by atoms with Crippen LogP contribution in [0.5, 0.6) is 0 Å². The van der Waals surface area contributed by atoms with Gasteiger partial charge in [-0.3, -0.25) is 4.79 Å². The third kappa shape index (κ3) is 2.56. The zero-order valence-electron chi connectivity index (χ0n) is 11.9. The van der Waals surface area contributed by atoms with Crippen molar-refractivity contribution in [3.05, 3.63) is 22.2 Å². The first-order chi connectivity index (χ1) is 9.60. The van der Waals surface area contributed by atoms with Crippen molar-refractivity contribution < 1.29 is 4.79 Å². The molecule has 0 aromatic heterocycles. The van der Waals surface area contributed by atoms with Crippen molar-refractivity contribution in [2.45, 2.75) is 25.8 Å². The first kappa shape index (κ1) is 13.9. The highest BCUT2D eigenvalue weighted by molar-refractivity contribution is 9.10. The summed E-state index contributed by atoms with van der Waals surface area (Å²) in [5, 5.41) is 6.20. The zero-order chi connectivity index (χ0) is 14.3. The highest BCUT2D eigenvalue weighted by Gasteiger charge is 2.31. The molecule has 3 rings (SSSR count). The predicted molar refractivity (Wildman–Crippen MR) is 85.2 cm³/mol. The molecule has 1 heterocycles. The molecule has 1 aromatic rings. The summed E-state index contributed by atoms with van der Waals surface area (Å²) in [7, 11) is 2.11. The predicted octanol–water partition coefficient (Wildman–Crippen LogP) is 2.90. The molecule has 0 spiro atoms. The summed E-state index contributed by atoms with van der Waals surface area (Å²) in [5.74, 6) is 0.875. The lowest BCUT2D eigenvalue weighted by Crippen LogP contribution is -2.27. The molecule has 5 heteroatoms. The number of nitrogens with zero attached hydrogens (tertiary/aromatic N) is 1. The Labute approximate surface area is 128 Å². The minimum absolute atomic E-state index is 0.0377. The number of amides is 1. The standard InChI is InChI=1S/C15H20BrN3O/c1-3-17-14-10-6-11(16)13(7-12(10)18-15(14)20)19(2)8-9-4-5-9/h6-7,9,14,17H,3-5,8H2,1-2H3,(H,18,20).